The molecule has 0 bridgehead atoms. The van der Waals surface area contributed by atoms with Gasteiger partial charge in [-0.05, 0) is 35.4 Å². The minimum Gasteiger partial charge on any atom is -0.497 e. The number of methoxy groups -OCH3 is 1. The highest BCUT2D eigenvalue weighted by Gasteiger charge is 2.32. The van der Waals surface area contributed by atoms with E-state index in [1.807, 2.05) is 0 Å². The molecule has 0 fully saturated rings. The third kappa shape index (κ3) is 4.79. The van der Waals surface area contributed by atoms with Gasteiger partial charge in [-0.2, -0.15) is 0 Å². The topological polar surface area (TPSA) is 53.7 Å². The van der Waals surface area contributed by atoms with Crippen molar-refractivity contribution >= 4 is 0 Å². The van der Waals surface area contributed by atoms with E-state index >= 15 is 0 Å². The summed E-state index contributed by atoms with van der Waals surface area (Å²) in [4.78, 5) is 0. The number of hydrogen-bond donors (Lipinski definition) is 1. The van der Waals surface area contributed by atoms with Gasteiger partial charge in [0.1, 0.15) is 12.4 Å². The minimum absolute atomic E-state index is 0.0144. The van der Waals surface area contributed by atoms with E-state index in [1.54, 1.807) is 30.3 Å². The molecule has 0 atom stereocenters. The molecule has 0 saturated heterocycles. The van der Waals surface area contributed by atoms with Crippen LogP contribution in [0.25, 0.3) is 11.1 Å². The number of rotatable bonds is 6. The molecule has 0 radical (unpaired) electrons. The molecule has 0 unspecified atom stereocenters. The molecule has 2 aromatic carbocycles. The van der Waals surface area contributed by atoms with Crippen LogP contribution in [0.4, 0.5) is 13.2 Å². The Morgan fingerprint density at radius 3 is 2.39 bits per heavy atom. The Hall–Kier alpha value is -2.41. The first-order chi connectivity index (χ1) is 10.9. The van der Waals surface area contributed by atoms with Crippen LogP contribution in [0.15, 0.2) is 42.5 Å². The van der Waals surface area contributed by atoms with Crippen LogP contribution < -0.4 is 19.9 Å². The first-order valence-electron chi connectivity index (χ1n) is 6.80. The van der Waals surface area contributed by atoms with Crippen LogP contribution in [0, 0.1) is 0 Å². The van der Waals surface area contributed by atoms with Crippen molar-refractivity contribution < 1.29 is 27.4 Å². The predicted molar refractivity (Wildman–Crippen MR) is 79.7 cm³/mol. The minimum atomic E-state index is -4.81. The molecule has 2 N–H and O–H groups in total. The van der Waals surface area contributed by atoms with Crippen LogP contribution in [0.1, 0.15) is 0 Å². The van der Waals surface area contributed by atoms with E-state index in [0.717, 1.165) is 0 Å². The van der Waals surface area contributed by atoms with E-state index in [-0.39, 0.29) is 18.9 Å². The lowest BCUT2D eigenvalue weighted by Crippen LogP contribution is -2.18. The van der Waals surface area contributed by atoms with Crippen LogP contribution >= 0.6 is 0 Å². The van der Waals surface area contributed by atoms with Gasteiger partial charge < -0.3 is 19.9 Å². The summed E-state index contributed by atoms with van der Waals surface area (Å²) in [5, 5.41) is 0. The van der Waals surface area contributed by atoms with Crippen LogP contribution in [-0.4, -0.2) is 26.6 Å². The van der Waals surface area contributed by atoms with E-state index < -0.39 is 12.1 Å². The van der Waals surface area contributed by atoms with Gasteiger partial charge in [-0.25, -0.2) is 0 Å². The van der Waals surface area contributed by atoms with Crippen LogP contribution in [0.5, 0.6) is 17.2 Å². The molecule has 0 spiro atoms. The summed E-state index contributed by atoms with van der Waals surface area (Å²) < 4.78 is 52.1. The summed E-state index contributed by atoms with van der Waals surface area (Å²) in [7, 11) is 1.51. The highest BCUT2D eigenvalue weighted by atomic mass is 19.4. The SMILES string of the molecule is COc1cccc(-c2ccc(OCCN)c(OC(F)(F)F)c2)c1. The molecule has 4 nitrogen and oxygen atoms in total. The summed E-state index contributed by atoms with van der Waals surface area (Å²) >= 11 is 0. The van der Waals surface area contributed by atoms with Crippen molar-refractivity contribution in [3.63, 3.8) is 0 Å². The largest absolute Gasteiger partial charge is 0.573 e. The summed E-state index contributed by atoms with van der Waals surface area (Å²) in [5.74, 6) is 0.176. The smallest absolute Gasteiger partial charge is 0.497 e. The predicted octanol–water partition coefficient (Wildman–Crippen LogP) is 3.60. The van der Waals surface area contributed by atoms with Gasteiger partial charge in [-0.3, -0.25) is 0 Å². The van der Waals surface area contributed by atoms with Gasteiger partial charge in [0.15, 0.2) is 11.5 Å². The van der Waals surface area contributed by atoms with E-state index in [9.17, 15) is 13.2 Å². The highest BCUT2D eigenvalue weighted by Crippen LogP contribution is 2.36. The molecule has 0 aliphatic carbocycles. The van der Waals surface area contributed by atoms with Crippen molar-refractivity contribution in [3.05, 3.63) is 42.5 Å². The average Bonchev–Trinajstić information content (AvgIpc) is 2.52. The fraction of sp³-hybridized carbons (Fsp3) is 0.250. The second kappa shape index (κ2) is 7.23. The third-order valence-electron chi connectivity index (χ3n) is 2.95. The van der Waals surface area contributed by atoms with Crippen molar-refractivity contribution in [2.24, 2.45) is 5.73 Å². The van der Waals surface area contributed by atoms with Gasteiger partial charge >= 0.3 is 6.36 Å². The lowest BCUT2D eigenvalue weighted by Gasteiger charge is -2.15. The quantitative estimate of drug-likeness (QED) is 0.881. The maximum atomic E-state index is 12.6. The zero-order valence-electron chi connectivity index (χ0n) is 12.4. The van der Waals surface area contributed by atoms with Crippen molar-refractivity contribution in [1.29, 1.82) is 0 Å². The molecule has 0 aromatic heterocycles. The molecule has 0 amide bonds. The number of alkyl halides is 3. The lowest BCUT2D eigenvalue weighted by molar-refractivity contribution is -0.275. The van der Waals surface area contributed by atoms with Crippen LogP contribution in [-0.2, 0) is 0 Å². The molecule has 0 saturated carbocycles. The Kier molecular flexibility index (Phi) is 5.33. The number of halogens is 3. The fourth-order valence-electron chi connectivity index (χ4n) is 1.98. The summed E-state index contributed by atoms with van der Waals surface area (Å²) in [5.41, 5.74) is 6.55. The van der Waals surface area contributed by atoms with Crippen molar-refractivity contribution in [2.45, 2.75) is 6.36 Å². The lowest BCUT2D eigenvalue weighted by atomic mass is 10.0. The molecular weight excluding hydrogens is 311 g/mol. The van der Waals surface area contributed by atoms with E-state index in [2.05, 4.69) is 4.74 Å². The second-order valence-corrected chi connectivity index (χ2v) is 4.58. The molecule has 0 aliphatic heterocycles. The summed E-state index contributed by atoms with van der Waals surface area (Å²) in [6.45, 7) is 0.274. The average molecular weight is 327 g/mol. The zero-order valence-corrected chi connectivity index (χ0v) is 12.4. The van der Waals surface area contributed by atoms with Gasteiger partial charge in [0.05, 0.1) is 7.11 Å². The Labute approximate surface area is 131 Å². The molecule has 124 valence electrons. The summed E-state index contributed by atoms with van der Waals surface area (Å²) in [6.07, 6.45) is -4.81. The molecular formula is C16H16F3NO3. The highest BCUT2D eigenvalue weighted by molar-refractivity contribution is 5.68. The third-order valence-corrected chi connectivity index (χ3v) is 2.95. The van der Waals surface area contributed by atoms with Crippen LogP contribution in [0.2, 0.25) is 0 Å². The number of hydrogen-bond acceptors (Lipinski definition) is 4. The van der Waals surface area contributed by atoms with Gasteiger partial charge in [0, 0.05) is 6.54 Å². The first kappa shape index (κ1) is 17.0. The normalized spacial score (nSPS) is 11.2. The molecule has 7 heteroatoms. The van der Waals surface area contributed by atoms with Gasteiger partial charge in [0.2, 0.25) is 0 Å². The van der Waals surface area contributed by atoms with Gasteiger partial charge in [0.25, 0.3) is 0 Å². The Balaban J connectivity index is 2.39. The number of nitrogens with two attached hydrogens (primary N) is 1. The van der Waals surface area contributed by atoms with Gasteiger partial charge in [-0.1, -0.05) is 18.2 Å². The standard InChI is InChI=1S/C16H16F3NO3/c1-21-13-4-2-3-11(9-13)12-5-6-14(22-8-7-20)15(10-12)23-16(17,18)19/h2-6,9-10H,7-8,20H2,1H3. The number of benzene rings is 2. The van der Waals surface area contributed by atoms with Crippen molar-refractivity contribution in [2.75, 3.05) is 20.3 Å². The Morgan fingerprint density at radius 2 is 1.74 bits per heavy atom. The van der Waals surface area contributed by atoms with E-state index in [0.29, 0.717) is 16.9 Å². The first-order valence-corrected chi connectivity index (χ1v) is 6.80. The van der Waals surface area contributed by atoms with Crippen molar-refractivity contribution in [3.8, 4) is 28.4 Å². The zero-order chi connectivity index (χ0) is 16.9. The Bertz CT molecular complexity index is 659. The molecule has 0 aliphatic rings. The number of ether oxygens (including phenoxy) is 3. The molecule has 2 aromatic rings. The second-order valence-electron chi connectivity index (χ2n) is 4.58. The maximum absolute atomic E-state index is 12.6. The summed E-state index contributed by atoms with van der Waals surface area (Å²) in [6, 6.07) is 11.3. The fourth-order valence-corrected chi connectivity index (χ4v) is 1.98. The Morgan fingerprint density at radius 1 is 1.00 bits per heavy atom. The maximum Gasteiger partial charge on any atom is 0.573 e. The van der Waals surface area contributed by atoms with E-state index in [1.165, 1.54) is 19.2 Å². The van der Waals surface area contributed by atoms with Gasteiger partial charge in [-0.15, -0.1) is 13.2 Å². The van der Waals surface area contributed by atoms with Crippen molar-refractivity contribution in [1.82, 2.24) is 0 Å². The molecule has 0 heterocycles. The molecule has 23 heavy (non-hydrogen) atoms. The van der Waals surface area contributed by atoms with Crippen LogP contribution in [0.3, 0.4) is 0 Å². The molecule has 2 rings (SSSR count). The van der Waals surface area contributed by atoms with E-state index in [4.69, 9.17) is 15.2 Å². The monoisotopic (exact) mass is 327 g/mol.